The molecule has 3 nitrogen and oxygen atoms in total. The molecule has 17 heavy (non-hydrogen) atoms. The summed E-state index contributed by atoms with van der Waals surface area (Å²) in [6, 6.07) is 8.45. The van der Waals surface area contributed by atoms with Gasteiger partial charge in [0.05, 0.1) is 19.2 Å². The van der Waals surface area contributed by atoms with E-state index in [0.717, 1.165) is 32.5 Å². The lowest BCUT2D eigenvalue weighted by Crippen LogP contribution is -3.12. The highest BCUT2D eigenvalue weighted by Crippen LogP contribution is 2.16. The Labute approximate surface area is 101 Å². The van der Waals surface area contributed by atoms with E-state index >= 15 is 0 Å². The van der Waals surface area contributed by atoms with Crippen LogP contribution in [-0.4, -0.2) is 29.3 Å². The predicted octanol–water partition coefficient (Wildman–Crippen LogP) is 0.707. The second-order valence-corrected chi connectivity index (χ2v) is 5.02. The Morgan fingerprint density at radius 3 is 2.82 bits per heavy atom. The number of aromatic amines is 1. The monoisotopic (exact) mass is 231 g/mol. The number of benzene rings is 1. The van der Waals surface area contributed by atoms with Crippen LogP contribution in [0.3, 0.4) is 0 Å². The average molecular weight is 231 g/mol. The molecule has 0 radical (unpaired) electrons. The van der Waals surface area contributed by atoms with Crippen molar-refractivity contribution in [1.82, 2.24) is 4.98 Å². The van der Waals surface area contributed by atoms with Gasteiger partial charge in [-0.1, -0.05) is 18.2 Å². The summed E-state index contributed by atoms with van der Waals surface area (Å²) in [4.78, 5) is 4.91. The molecule has 90 valence electrons. The van der Waals surface area contributed by atoms with Crippen molar-refractivity contribution in [3.05, 3.63) is 36.0 Å². The van der Waals surface area contributed by atoms with E-state index < -0.39 is 0 Å². The van der Waals surface area contributed by atoms with Crippen LogP contribution in [0.1, 0.15) is 18.4 Å². The van der Waals surface area contributed by atoms with Crippen LogP contribution in [0.15, 0.2) is 30.5 Å². The van der Waals surface area contributed by atoms with Crippen molar-refractivity contribution in [2.24, 2.45) is 0 Å². The van der Waals surface area contributed by atoms with Gasteiger partial charge in [0, 0.05) is 35.5 Å². The minimum Gasteiger partial charge on any atom is -0.393 e. The van der Waals surface area contributed by atoms with Crippen LogP contribution < -0.4 is 4.90 Å². The first-order valence-corrected chi connectivity index (χ1v) is 6.39. The van der Waals surface area contributed by atoms with E-state index in [1.807, 2.05) is 0 Å². The molecule has 1 saturated heterocycles. The van der Waals surface area contributed by atoms with Crippen LogP contribution in [0, 0.1) is 0 Å². The summed E-state index contributed by atoms with van der Waals surface area (Å²) in [5.74, 6) is 0. The van der Waals surface area contributed by atoms with Crippen molar-refractivity contribution < 1.29 is 10.0 Å². The van der Waals surface area contributed by atoms with E-state index in [2.05, 4.69) is 35.4 Å². The molecule has 0 bridgehead atoms. The highest BCUT2D eigenvalue weighted by atomic mass is 16.3. The second-order valence-electron chi connectivity index (χ2n) is 5.02. The first kappa shape index (κ1) is 10.8. The molecule has 3 heteroatoms. The van der Waals surface area contributed by atoms with Crippen molar-refractivity contribution in [1.29, 1.82) is 0 Å². The van der Waals surface area contributed by atoms with Gasteiger partial charge in [-0.25, -0.2) is 0 Å². The summed E-state index contributed by atoms with van der Waals surface area (Å²) in [7, 11) is 0. The second kappa shape index (κ2) is 4.51. The Hall–Kier alpha value is -1.32. The lowest BCUT2D eigenvalue weighted by Gasteiger charge is -2.26. The van der Waals surface area contributed by atoms with Gasteiger partial charge in [-0.2, -0.15) is 0 Å². The first-order chi connectivity index (χ1) is 8.33. The molecule has 0 saturated carbocycles. The number of aliphatic hydroxyl groups is 1. The van der Waals surface area contributed by atoms with E-state index in [1.54, 1.807) is 4.90 Å². The summed E-state index contributed by atoms with van der Waals surface area (Å²) in [6.07, 6.45) is 3.94. The Balaban J connectivity index is 1.76. The summed E-state index contributed by atoms with van der Waals surface area (Å²) >= 11 is 0. The average Bonchev–Trinajstić information content (AvgIpc) is 2.76. The third-order valence-electron chi connectivity index (χ3n) is 3.78. The number of H-pyrrole nitrogens is 1. The molecule has 1 aliphatic heterocycles. The molecule has 0 aliphatic carbocycles. The number of aliphatic hydroxyl groups excluding tert-OH is 1. The van der Waals surface area contributed by atoms with Gasteiger partial charge >= 0.3 is 0 Å². The van der Waals surface area contributed by atoms with Gasteiger partial charge < -0.3 is 15.0 Å². The zero-order valence-electron chi connectivity index (χ0n) is 9.95. The minimum absolute atomic E-state index is 0.0679. The maximum atomic E-state index is 9.51. The lowest BCUT2D eigenvalue weighted by molar-refractivity contribution is -0.919. The van der Waals surface area contributed by atoms with Crippen LogP contribution in [-0.2, 0) is 6.54 Å². The number of likely N-dealkylation sites (tertiary alicyclic amines) is 1. The molecule has 3 rings (SSSR count). The van der Waals surface area contributed by atoms with Gasteiger partial charge in [-0.05, 0) is 6.07 Å². The number of aromatic nitrogens is 1. The fraction of sp³-hybridized carbons (Fsp3) is 0.429. The van der Waals surface area contributed by atoms with Crippen molar-refractivity contribution in [3.63, 3.8) is 0 Å². The number of hydrogen-bond donors (Lipinski definition) is 3. The quantitative estimate of drug-likeness (QED) is 0.700. The molecule has 0 amide bonds. The molecule has 0 unspecified atom stereocenters. The van der Waals surface area contributed by atoms with Gasteiger partial charge in [0.2, 0.25) is 0 Å². The van der Waals surface area contributed by atoms with E-state index in [-0.39, 0.29) is 6.10 Å². The van der Waals surface area contributed by atoms with E-state index in [9.17, 15) is 5.11 Å². The topological polar surface area (TPSA) is 40.5 Å². The smallest absolute Gasteiger partial charge is 0.105 e. The molecular weight excluding hydrogens is 212 g/mol. The number of fused-ring (bicyclic) bond motifs is 1. The number of hydrogen-bond acceptors (Lipinski definition) is 1. The number of quaternary nitrogens is 1. The van der Waals surface area contributed by atoms with Gasteiger partial charge in [0.1, 0.15) is 6.54 Å². The number of piperidine rings is 1. The largest absolute Gasteiger partial charge is 0.393 e. The fourth-order valence-corrected chi connectivity index (χ4v) is 2.73. The summed E-state index contributed by atoms with van der Waals surface area (Å²) in [5.41, 5.74) is 2.62. The summed E-state index contributed by atoms with van der Waals surface area (Å²) in [6.45, 7) is 3.23. The van der Waals surface area contributed by atoms with Gasteiger partial charge in [0.15, 0.2) is 0 Å². The summed E-state index contributed by atoms with van der Waals surface area (Å²) in [5, 5.41) is 10.8. The molecule has 1 aromatic carbocycles. The van der Waals surface area contributed by atoms with E-state index in [4.69, 9.17) is 0 Å². The third-order valence-corrected chi connectivity index (χ3v) is 3.78. The van der Waals surface area contributed by atoms with Gasteiger partial charge in [0.25, 0.3) is 0 Å². The van der Waals surface area contributed by atoms with Crippen molar-refractivity contribution >= 4 is 10.9 Å². The minimum atomic E-state index is -0.0679. The van der Waals surface area contributed by atoms with Crippen LogP contribution in [0.4, 0.5) is 0 Å². The van der Waals surface area contributed by atoms with Crippen molar-refractivity contribution in [2.45, 2.75) is 25.5 Å². The Kier molecular flexibility index (Phi) is 2.87. The van der Waals surface area contributed by atoms with Crippen LogP contribution >= 0.6 is 0 Å². The molecule has 1 aromatic heterocycles. The Bertz CT molecular complexity index is 498. The van der Waals surface area contributed by atoms with Crippen LogP contribution in [0.5, 0.6) is 0 Å². The number of para-hydroxylation sites is 1. The molecular formula is C14H19N2O+. The van der Waals surface area contributed by atoms with Gasteiger partial charge in [-0.15, -0.1) is 0 Å². The molecule has 0 spiro atoms. The molecule has 2 aromatic rings. The number of rotatable bonds is 2. The summed E-state index contributed by atoms with van der Waals surface area (Å²) < 4.78 is 0. The Morgan fingerprint density at radius 1 is 1.24 bits per heavy atom. The molecule has 3 N–H and O–H groups in total. The lowest BCUT2D eigenvalue weighted by atomic mass is 10.1. The zero-order chi connectivity index (χ0) is 11.7. The van der Waals surface area contributed by atoms with E-state index in [1.165, 1.54) is 16.5 Å². The van der Waals surface area contributed by atoms with Crippen molar-refractivity contribution in [2.75, 3.05) is 13.1 Å². The van der Waals surface area contributed by atoms with Crippen LogP contribution in [0.25, 0.3) is 10.9 Å². The SMILES string of the molecule is OC1CC[NH+](Cc2c[nH]c3ccccc23)CC1. The normalized spacial score (nSPS) is 25.2. The highest BCUT2D eigenvalue weighted by molar-refractivity contribution is 5.82. The first-order valence-electron chi connectivity index (χ1n) is 6.39. The maximum Gasteiger partial charge on any atom is 0.105 e. The maximum absolute atomic E-state index is 9.51. The van der Waals surface area contributed by atoms with Crippen molar-refractivity contribution in [3.8, 4) is 0 Å². The standard InChI is InChI=1S/C14H18N2O/c17-12-5-7-16(8-6-12)10-11-9-15-14-4-2-1-3-13(11)14/h1-4,9,12,15,17H,5-8,10H2/p+1. The number of nitrogens with one attached hydrogen (secondary N) is 2. The van der Waals surface area contributed by atoms with E-state index in [0.29, 0.717) is 0 Å². The van der Waals surface area contributed by atoms with Crippen LogP contribution in [0.2, 0.25) is 0 Å². The molecule has 2 heterocycles. The third kappa shape index (κ3) is 2.21. The predicted molar refractivity (Wildman–Crippen MR) is 67.9 cm³/mol. The highest BCUT2D eigenvalue weighted by Gasteiger charge is 2.20. The Morgan fingerprint density at radius 2 is 2.00 bits per heavy atom. The zero-order valence-corrected chi connectivity index (χ0v) is 9.95. The molecule has 0 atom stereocenters. The molecule has 1 aliphatic rings. The fourth-order valence-electron chi connectivity index (χ4n) is 2.73. The van der Waals surface area contributed by atoms with Gasteiger partial charge in [-0.3, -0.25) is 0 Å². The molecule has 1 fully saturated rings.